The van der Waals surface area contributed by atoms with Crippen LogP contribution >= 0.6 is 34.4 Å². The van der Waals surface area contributed by atoms with Gasteiger partial charge in [0.05, 0.1) is 6.42 Å². The van der Waals surface area contributed by atoms with Gasteiger partial charge in [-0.2, -0.15) is 0 Å². The van der Waals surface area contributed by atoms with E-state index >= 15 is 0 Å². The summed E-state index contributed by atoms with van der Waals surface area (Å²) in [6, 6.07) is 18.2. The van der Waals surface area contributed by atoms with Crippen LogP contribution in [-0.2, 0) is 32.1 Å². The lowest BCUT2D eigenvalue weighted by Crippen LogP contribution is -2.70. The van der Waals surface area contributed by atoms with Crippen LogP contribution in [0.3, 0.4) is 0 Å². The van der Waals surface area contributed by atoms with E-state index in [1.807, 2.05) is 60.7 Å². The summed E-state index contributed by atoms with van der Waals surface area (Å²) in [5.41, 5.74) is 2.97. The van der Waals surface area contributed by atoms with Crippen molar-refractivity contribution < 1.29 is 19.1 Å². The molecule has 6 nitrogen and oxygen atoms in total. The molecule has 2 atom stereocenters. The van der Waals surface area contributed by atoms with Gasteiger partial charge < -0.3 is 10.1 Å². The van der Waals surface area contributed by atoms with Crippen LogP contribution in [0, 0.1) is 0 Å². The number of nitrogens with zero attached hydrogens (tertiary/aromatic N) is 1. The highest BCUT2D eigenvalue weighted by atomic mass is 127. The molecule has 31 heavy (non-hydrogen) atoms. The Hall–Kier alpha value is -2.33. The van der Waals surface area contributed by atoms with E-state index in [0.29, 0.717) is 15.9 Å². The van der Waals surface area contributed by atoms with Crippen molar-refractivity contribution in [1.29, 1.82) is 0 Å². The van der Waals surface area contributed by atoms with Gasteiger partial charge in [-0.1, -0.05) is 83.3 Å². The number of ether oxygens (including phenoxy) is 1. The van der Waals surface area contributed by atoms with Crippen molar-refractivity contribution in [2.45, 2.75) is 24.4 Å². The summed E-state index contributed by atoms with van der Waals surface area (Å²) in [5, 5.41) is 2.54. The molecule has 4 rings (SSSR count). The Bertz CT molecular complexity index is 1010. The zero-order chi connectivity index (χ0) is 21.8. The Balaban J connectivity index is 1.42. The topological polar surface area (TPSA) is 75.7 Å². The van der Waals surface area contributed by atoms with E-state index in [-0.39, 0.29) is 30.2 Å². The first-order valence-electron chi connectivity index (χ1n) is 9.85. The molecule has 2 heterocycles. The van der Waals surface area contributed by atoms with E-state index in [9.17, 15) is 14.4 Å². The van der Waals surface area contributed by atoms with E-state index in [0.717, 1.165) is 16.7 Å². The second-order valence-electron chi connectivity index (χ2n) is 7.26. The molecule has 2 aromatic carbocycles. The van der Waals surface area contributed by atoms with Crippen molar-refractivity contribution in [2.24, 2.45) is 0 Å². The first kappa shape index (κ1) is 21.9. The van der Waals surface area contributed by atoms with E-state index < -0.39 is 12.0 Å². The number of esters is 1. The first-order chi connectivity index (χ1) is 15.1. The third-order valence-electron chi connectivity index (χ3n) is 5.14. The van der Waals surface area contributed by atoms with Crippen LogP contribution in [0.15, 0.2) is 71.9 Å². The van der Waals surface area contributed by atoms with Crippen LogP contribution in [0.2, 0.25) is 0 Å². The Morgan fingerprint density at radius 3 is 2.35 bits per heavy atom. The highest BCUT2D eigenvalue weighted by molar-refractivity contribution is 14.1. The summed E-state index contributed by atoms with van der Waals surface area (Å²) in [6.45, 7) is 0.148. The molecule has 0 unspecified atom stereocenters. The number of alkyl halides is 1. The lowest BCUT2D eigenvalue weighted by molar-refractivity contribution is -0.153. The second kappa shape index (κ2) is 9.86. The van der Waals surface area contributed by atoms with Gasteiger partial charge >= 0.3 is 5.97 Å². The standard InChI is InChI=1S/C23H21IN2O4S/c24-12-17-14-31-22-19(25-18(27)11-15-7-3-1-4-8-15)21(28)26(22)20(17)23(29)30-13-16-9-5-2-6-10-16/h1-10,19,22H,11-14H2,(H,25,27)/t19-,22+/m1/s1. The number of carbonyl (C=O) groups excluding carboxylic acids is 3. The van der Waals surface area contributed by atoms with Crippen molar-refractivity contribution in [1.82, 2.24) is 10.2 Å². The minimum atomic E-state index is -0.631. The molecule has 1 saturated heterocycles. The van der Waals surface area contributed by atoms with Gasteiger partial charge in [-0.15, -0.1) is 11.8 Å². The Kier molecular flexibility index (Phi) is 6.96. The molecule has 0 radical (unpaired) electrons. The van der Waals surface area contributed by atoms with E-state index in [1.165, 1.54) is 4.90 Å². The van der Waals surface area contributed by atoms with Crippen molar-refractivity contribution in [3.63, 3.8) is 0 Å². The van der Waals surface area contributed by atoms with Gasteiger partial charge in [0.1, 0.15) is 23.7 Å². The molecule has 160 valence electrons. The minimum absolute atomic E-state index is 0.148. The molecule has 1 N–H and O–H groups in total. The number of benzene rings is 2. The summed E-state index contributed by atoms with van der Waals surface area (Å²) < 4.78 is 6.13. The minimum Gasteiger partial charge on any atom is -0.456 e. The predicted molar refractivity (Wildman–Crippen MR) is 127 cm³/mol. The van der Waals surface area contributed by atoms with Gasteiger partial charge in [0.15, 0.2) is 0 Å². The molecule has 0 spiro atoms. The maximum atomic E-state index is 12.9. The number of rotatable bonds is 7. The molecule has 2 aromatic rings. The third-order valence-corrected chi connectivity index (χ3v) is 7.40. The predicted octanol–water partition coefficient (Wildman–Crippen LogP) is 3.06. The van der Waals surface area contributed by atoms with Crippen molar-refractivity contribution in [3.8, 4) is 0 Å². The third kappa shape index (κ3) is 4.79. The highest BCUT2D eigenvalue weighted by Crippen LogP contribution is 2.41. The molecule has 0 aromatic heterocycles. The summed E-state index contributed by atoms with van der Waals surface area (Å²) >= 11 is 3.76. The Morgan fingerprint density at radius 2 is 1.71 bits per heavy atom. The number of amides is 2. The molecule has 2 aliphatic heterocycles. The van der Waals surface area contributed by atoms with Gasteiger partial charge in [-0.25, -0.2) is 4.79 Å². The Labute approximate surface area is 198 Å². The number of hydrogen-bond donors (Lipinski definition) is 1. The van der Waals surface area contributed by atoms with Crippen molar-refractivity contribution in [3.05, 3.63) is 83.1 Å². The van der Waals surface area contributed by atoms with Crippen LogP contribution in [0.1, 0.15) is 11.1 Å². The largest absolute Gasteiger partial charge is 0.456 e. The fraction of sp³-hybridized carbons (Fsp3) is 0.261. The van der Waals surface area contributed by atoms with Crippen LogP contribution in [-0.4, -0.2) is 44.3 Å². The van der Waals surface area contributed by atoms with Crippen LogP contribution in [0.25, 0.3) is 0 Å². The van der Waals surface area contributed by atoms with E-state index in [2.05, 4.69) is 27.9 Å². The molecule has 8 heteroatoms. The van der Waals surface area contributed by atoms with Crippen LogP contribution < -0.4 is 5.32 Å². The number of β-lactam (4-membered cyclic amide) rings is 1. The lowest BCUT2D eigenvalue weighted by Gasteiger charge is -2.49. The summed E-state index contributed by atoms with van der Waals surface area (Å²) in [4.78, 5) is 39.7. The smallest absolute Gasteiger partial charge is 0.355 e. The fourth-order valence-corrected chi connectivity index (χ4v) is 5.91. The van der Waals surface area contributed by atoms with E-state index in [1.54, 1.807) is 11.8 Å². The average molecular weight is 548 g/mol. The lowest BCUT2D eigenvalue weighted by atomic mass is 10.0. The molecule has 1 fully saturated rings. The van der Waals surface area contributed by atoms with Crippen LogP contribution in [0.4, 0.5) is 0 Å². The molecule has 0 aliphatic carbocycles. The summed E-state index contributed by atoms with van der Waals surface area (Å²) in [5.74, 6) is -0.351. The van der Waals surface area contributed by atoms with Gasteiger partial charge in [0, 0.05) is 10.2 Å². The zero-order valence-corrected chi connectivity index (χ0v) is 19.6. The quantitative estimate of drug-likeness (QED) is 0.249. The molecule has 0 saturated carbocycles. The normalized spacial score (nSPS) is 20.0. The van der Waals surface area contributed by atoms with E-state index in [4.69, 9.17) is 4.74 Å². The maximum absolute atomic E-state index is 12.9. The zero-order valence-electron chi connectivity index (χ0n) is 16.6. The highest BCUT2D eigenvalue weighted by Gasteiger charge is 2.54. The van der Waals surface area contributed by atoms with Gasteiger partial charge in [-0.3, -0.25) is 14.5 Å². The summed E-state index contributed by atoms with van der Waals surface area (Å²) in [6.07, 6.45) is 0.211. The fourth-order valence-electron chi connectivity index (χ4n) is 3.57. The molecular weight excluding hydrogens is 527 g/mol. The number of fused-ring (bicyclic) bond motifs is 1. The average Bonchev–Trinajstić information content (AvgIpc) is 2.81. The SMILES string of the molecule is O=C(Cc1ccccc1)N[C@@H]1C(=O)N2C(C(=O)OCc3ccccc3)=C(CI)CS[C@@H]12. The maximum Gasteiger partial charge on any atom is 0.355 e. The molecule has 2 aliphatic rings. The van der Waals surface area contributed by atoms with Gasteiger partial charge in [0.2, 0.25) is 5.91 Å². The van der Waals surface area contributed by atoms with Crippen molar-refractivity contribution in [2.75, 3.05) is 10.2 Å². The number of hydrogen-bond acceptors (Lipinski definition) is 5. The number of carbonyl (C=O) groups is 3. The number of thioether (sulfide) groups is 1. The molecule has 2 amide bonds. The molecular formula is C23H21IN2O4S. The number of nitrogens with one attached hydrogen (secondary N) is 1. The first-order valence-corrected chi connectivity index (χ1v) is 12.4. The summed E-state index contributed by atoms with van der Waals surface area (Å²) in [7, 11) is 0. The van der Waals surface area contributed by atoms with Gasteiger partial charge in [-0.05, 0) is 16.7 Å². The van der Waals surface area contributed by atoms with Crippen molar-refractivity contribution >= 4 is 52.1 Å². The Morgan fingerprint density at radius 1 is 1.06 bits per heavy atom. The van der Waals surface area contributed by atoms with Crippen LogP contribution in [0.5, 0.6) is 0 Å². The second-order valence-corrected chi connectivity index (χ2v) is 9.13. The van der Waals surface area contributed by atoms with Gasteiger partial charge in [0.25, 0.3) is 5.91 Å². The number of halogens is 1. The molecule has 0 bridgehead atoms. The monoisotopic (exact) mass is 548 g/mol.